The van der Waals surface area contributed by atoms with Crippen molar-refractivity contribution < 1.29 is 4.52 Å². The molecule has 0 aromatic carbocycles. The fraction of sp³-hybridized carbons (Fsp3) is 0.471. The van der Waals surface area contributed by atoms with Gasteiger partial charge in [-0.3, -0.25) is 9.88 Å². The van der Waals surface area contributed by atoms with Crippen molar-refractivity contribution in [3.05, 3.63) is 42.6 Å². The molecule has 25 heavy (non-hydrogen) atoms. The number of hydrogen-bond acceptors (Lipinski definition) is 7. The number of pyridine rings is 1. The first kappa shape index (κ1) is 15.9. The first-order valence-electron chi connectivity index (χ1n) is 8.66. The lowest BCUT2D eigenvalue weighted by molar-refractivity contribution is 0.174. The maximum atomic E-state index is 5.54. The molecule has 4 heterocycles. The summed E-state index contributed by atoms with van der Waals surface area (Å²) in [5.74, 6) is 2.57. The molecule has 3 aromatic rings. The van der Waals surface area contributed by atoms with E-state index in [-0.39, 0.29) is 5.92 Å². The van der Waals surface area contributed by atoms with Gasteiger partial charge in [0.15, 0.2) is 0 Å². The van der Waals surface area contributed by atoms with Crippen LogP contribution in [0.3, 0.4) is 0 Å². The van der Waals surface area contributed by atoms with Crippen LogP contribution >= 0.6 is 0 Å². The Balaban J connectivity index is 1.45. The molecule has 0 unspecified atom stereocenters. The predicted octanol–water partition coefficient (Wildman–Crippen LogP) is 2.12. The van der Waals surface area contributed by atoms with Crippen molar-refractivity contribution in [2.75, 3.05) is 13.1 Å². The predicted molar refractivity (Wildman–Crippen MR) is 90.5 cm³/mol. The minimum Gasteiger partial charge on any atom is -0.339 e. The summed E-state index contributed by atoms with van der Waals surface area (Å²) < 4.78 is 7.48. The van der Waals surface area contributed by atoms with Crippen LogP contribution < -0.4 is 0 Å². The number of aryl methyl sites for hydroxylation is 1. The summed E-state index contributed by atoms with van der Waals surface area (Å²) in [7, 11) is 0. The Hall–Kier alpha value is -2.61. The van der Waals surface area contributed by atoms with Gasteiger partial charge in [-0.15, -0.1) is 0 Å². The summed E-state index contributed by atoms with van der Waals surface area (Å²) in [6, 6.07) is 3.81. The summed E-state index contributed by atoms with van der Waals surface area (Å²) in [6.45, 7) is 5.66. The second-order valence-corrected chi connectivity index (χ2v) is 6.26. The minimum absolute atomic E-state index is 0.254. The monoisotopic (exact) mass is 339 g/mol. The van der Waals surface area contributed by atoms with Crippen molar-refractivity contribution in [2.24, 2.45) is 0 Å². The molecule has 1 fully saturated rings. The number of piperidine rings is 1. The van der Waals surface area contributed by atoms with Crippen LogP contribution in [0.1, 0.15) is 37.4 Å². The first-order valence-corrected chi connectivity index (χ1v) is 8.66. The molecule has 0 radical (unpaired) electrons. The summed E-state index contributed by atoms with van der Waals surface area (Å²) >= 11 is 0. The molecule has 3 aromatic heterocycles. The molecule has 8 heteroatoms. The van der Waals surface area contributed by atoms with Gasteiger partial charge >= 0.3 is 0 Å². The molecule has 1 aliphatic heterocycles. The van der Waals surface area contributed by atoms with Gasteiger partial charge in [0.2, 0.25) is 11.7 Å². The smallest absolute Gasteiger partial charge is 0.231 e. The van der Waals surface area contributed by atoms with Gasteiger partial charge < -0.3 is 4.52 Å². The molecule has 8 nitrogen and oxygen atoms in total. The average Bonchev–Trinajstić information content (AvgIpc) is 3.32. The van der Waals surface area contributed by atoms with Gasteiger partial charge in [-0.1, -0.05) is 5.16 Å². The molecule has 1 aliphatic rings. The van der Waals surface area contributed by atoms with Gasteiger partial charge in [-0.2, -0.15) is 10.1 Å². The van der Waals surface area contributed by atoms with E-state index in [9.17, 15) is 0 Å². The van der Waals surface area contributed by atoms with E-state index in [1.165, 1.54) is 0 Å². The Morgan fingerprint density at radius 3 is 3.16 bits per heavy atom. The molecular formula is C17H21N7O. The highest BCUT2D eigenvalue weighted by Crippen LogP contribution is 2.28. The molecule has 0 spiro atoms. The third-order valence-electron chi connectivity index (χ3n) is 4.58. The highest BCUT2D eigenvalue weighted by molar-refractivity contribution is 5.51. The van der Waals surface area contributed by atoms with Crippen LogP contribution in [0.25, 0.3) is 11.4 Å². The standard InChI is InChI=1S/C17H21N7O/c1-2-24-15(19-12-20-24)11-23-8-4-6-14(10-23)17-21-16(22-25-17)13-5-3-7-18-9-13/h3,5,7,9,12,14H,2,4,6,8,10-11H2,1H3/t14-/m0/s1. The molecule has 0 saturated carbocycles. The molecule has 0 aliphatic carbocycles. The van der Waals surface area contributed by atoms with Crippen molar-refractivity contribution in [1.29, 1.82) is 0 Å². The van der Waals surface area contributed by atoms with Crippen LogP contribution in [0.2, 0.25) is 0 Å². The highest BCUT2D eigenvalue weighted by atomic mass is 16.5. The molecule has 1 saturated heterocycles. The lowest BCUT2D eigenvalue weighted by atomic mass is 9.98. The number of rotatable bonds is 5. The molecule has 0 amide bonds. The third kappa shape index (κ3) is 3.43. The van der Waals surface area contributed by atoms with Crippen LogP contribution in [0.15, 0.2) is 35.4 Å². The maximum absolute atomic E-state index is 5.54. The second kappa shape index (κ2) is 7.10. The van der Waals surface area contributed by atoms with E-state index in [4.69, 9.17) is 4.52 Å². The molecule has 1 atom stereocenters. The van der Waals surface area contributed by atoms with Gasteiger partial charge in [0.05, 0.1) is 12.5 Å². The molecule has 0 bridgehead atoms. The second-order valence-electron chi connectivity index (χ2n) is 6.26. The summed E-state index contributed by atoms with van der Waals surface area (Å²) in [4.78, 5) is 15.5. The average molecular weight is 339 g/mol. The fourth-order valence-electron chi connectivity index (χ4n) is 3.29. The zero-order valence-corrected chi connectivity index (χ0v) is 14.2. The van der Waals surface area contributed by atoms with Crippen LogP contribution in [0.5, 0.6) is 0 Å². The molecular weight excluding hydrogens is 318 g/mol. The number of aromatic nitrogens is 6. The Bertz CT molecular complexity index is 813. The van der Waals surface area contributed by atoms with E-state index in [0.29, 0.717) is 11.7 Å². The van der Waals surface area contributed by atoms with Gasteiger partial charge in [-0.05, 0) is 38.4 Å². The van der Waals surface area contributed by atoms with Gasteiger partial charge in [0, 0.05) is 31.0 Å². The SMILES string of the molecule is CCn1ncnc1CN1CCC[C@H](c2nc(-c3cccnc3)no2)C1. The topological polar surface area (TPSA) is 85.8 Å². The summed E-state index contributed by atoms with van der Waals surface area (Å²) in [5, 5.41) is 8.37. The van der Waals surface area contributed by atoms with Crippen molar-refractivity contribution in [3.8, 4) is 11.4 Å². The number of likely N-dealkylation sites (tertiary alicyclic amines) is 1. The van der Waals surface area contributed by atoms with Gasteiger partial charge in [0.1, 0.15) is 12.2 Å². The summed E-state index contributed by atoms with van der Waals surface area (Å²) in [5.41, 5.74) is 0.876. The van der Waals surface area contributed by atoms with E-state index in [1.54, 1.807) is 18.7 Å². The van der Waals surface area contributed by atoms with Crippen LogP contribution in [-0.4, -0.2) is 47.9 Å². The van der Waals surface area contributed by atoms with Crippen molar-refractivity contribution in [1.82, 2.24) is 34.8 Å². The molecule has 4 rings (SSSR count). The highest BCUT2D eigenvalue weighted by Gasteiger charge is 2.27. The Labute approximate surface area is 145 Å². The maximum Gasteiger partial charge on any atom is 0.231 e. The van der Waals surface area contributed by atoms with E-state index >= 15 is 0 Å². The van der Waals surface area contributed by atoms with Crippen LogP contribution in [0.4, 0.5) is 0 Å². The normalized spacial score (nSPS) is 18.5. The van der Waals surface area contributed by atoms with E-state index in [1.807, 2.05) is 16.8 Å². The van der Waals surface area contributed by atoms with E-state index in [0.717, 1.165) is 50.4 Å². The van der Waals surface area contributed by atoms with Crippen molar-refractivity contribution in [2.45, 2.75) is 38.8 Å². The van der Waals surface area contributed by atoms with Gasteiger partial charge in [0.25, 0.3) is 0 Å². The van der Waals surface area contributed by atoms with Gasteiger partial charge in [-0.25, -0.2) is 9.67 Å². The lowest BCUT2D eigenvalue weighted by Crippen LogP contribution is -2.35. The van der Waals surface area contributed by atoms with Crippen LogP contribution in [0, 0.1) is 0 Å². The first-order chi connectivity index (χ1) is 12.3. The largest absolute Gasteiger partial charge is 0.339 e. The minimum atomic E-state index is 0.254. The number of nitrogens with zero attached hydrogens (tertiary/aromatic N) is 7. The quantitative estimate of drug-likeness (QED) is 0.704. The zero-order valence-electron chi connectivity index (χ0n) is 14.2. The fourth-order valence-corrected chi connectivity index (χ4v) is 3.29. The zero-order chi connectivity index (χ0) is 17.1. The van der Waals surface area contributed by atoms with E-state index in [2.05, 4.69) is 37.0 Å². The Morgan fingerprint density at radius 1 is 1.36 bits per heavy atom. The van der Waals surface area contributed by atoms with Crippen molar-refractivity contribution in [3.63, 3.8) is 0 Å². The number of hydrogen-bond donors (Lipinski definition) is 0. The van der Waals surface area contributed by atoms with E-state index < -0.39 is 0 Å². The molecule has 0 N–H and O–H groups in total. The molecule has 130 valence electrons. The Morgan fingerprint density at radius 2 is 2.32 bits per heavy atom. The summed E-state index contributed by atoms with van der Waals surface area (Å²) in [6.07, 6.45) is 7.28. The third-order valence-corrected chi connectivity index (χ3v) is 4.58. The Kier molecular flexibility index (Phi) is 4.51. The lowest BCUT2D eigenvalue weighted by Gasteiger charge is -2.30. The van der Waals surface area contributed by atoms with Crippen molar-refractivity contribution >= 4 is 0 Å². The van der Waals surface area contributed by atoms with Crippen LogP contribution in [-0.2, 0) is 13.1 Å².